The van der Waals surface area contributed by atoms with Gasteiger partial charge in [-0.3, -0.25) is 9.59 Å². The summed E-state index contributed by atoms with van der Waals surface area (Å²) in [5, 5.41) is 5.29. The topological polar surface area (TPSA) is 76.7 Å². The third-order valence-electron chi connectivity index (χ3n) is 3.73. The number of benzene rings is 2. The Bertz CT molecular complexity index is 813. The van der Waals surface area contributed by atoms with Crippen LogP contribution in [0.2, 0.25) is 0 Å². The molecule has 142 valence electrons. The first-order valence-electron chi connectivity index (χ1n) is 8.69. The quantitative estimate of drug-likeness (QED) is 0.699. The molecule has 2 N–H and O–H groups in total. The summed E-state index contributed by atoms with van der Waals surface area (Å²) in [6.45, 7) is 2.73. The second kappa shape index (κ2) is 10.0. The summed E-state index contributed by atoms with van der Waals surface area (Å²) in [4.78, 5) is 23.9. The molecule has 0 saturated carbocycles. The van der Waals surface area contributed by atoms with Gasteiger partial charge in [-0.25, -0.2) is 0 Å². The van der Waals surface area contributed by atoms with E-state index in [9.17, 15) is 9.59 Å². The molecule has 2 amide bonds. The summed E-state index contributed by atoms with van der Waals surface area (Å²) in [6, 6.07) is 12.3. The molecule has 0 saturated heterocycles. The fourth-order valence-electron chi connectivity index (χ4n) is 2.32. The van der Waals surface area contributed by atoms with Gasteiger partial charge in [-0.1, -0.05) is 19.1 Å². The molecule has 27 heavy (non-hydrogen) atoms. The van der Waals surface area contributed by atoms with Crippen LogP contribution in [0.1, 0.15) is 29.3 Å². The first-order valence-corrected chi connectivity index (χ1v) is 8.69. The number of anilines is 1. The summed E-state index contributed by atoms with van der Waals surface area (Å²) in [7, 11) is 3.04. The van der Waals surface area contributed by atoms with Crippen LogP contribution in [0.4, 0.5) is 5.69 Å². The van der Waals surface area contributed by atoms with E-state index in [4.69, 9.17) is 9.47 Å². The highest BCUT2D eigenvalue weighted by Gasteiger charge is 2.10. The van der Waals surface area contributed by atoms with Crippen molar-refractivity contribution in [2.24, 2.45) is 0 Å². The number of carbonyl (C=O) groups is 2. The normalized spacial score (nSPS) is 10.5. The van der Waals surface area contributed by atoms with Crippen molar-refractivity contribution in [3.8, 4) is 11.5 Å². The van der Waals surface area contributed by atoms with Gasteiger partial charge < -0.3 is 20.1 Å². The Morgan fingerprint density at radius 1 is 1.11 bits per heavy atom. The maximum Gasteiger partial charge on any atom is 0.251 e. The van der Waals surface area contributed by atoms with Crippen molar-refractivity contribution >= 4 is 23.6 Å². The maximum atomic E-state index is 12.2. The lowest BCUT2D eigenvalue weighted by atomic mass is 10.1. The number of amides is 2. The molecule has 0 spiro atoms. The Morgan fingerprint density at radius 2 is 1.85 bits per heavy atom. The zero-order chi connectivity index (χ0) is 19.6. The summed E-state index contributed by atoms with van der Waals surface area (Å²) in [5.41, 5.74) is 1.83. The highest BCUT2D eigenvalue weighted by Crippen LogP contribution is 2.25. The smallest absolute Gasteiger partial charge is 0.251 e. The zero-order valence-electron chi connectivity index (χ0n) is 15.7. The number of rotatable bonds is 8. The monoisotopic (exact) mass is 368 g/mol. The number of hydrogen-bond acceptors (Lipinski definition) is 4. The summed E-state index contributed by atoms with van der Waals surface area (Å²) in [6.07, 6.45) is 4.10. The zero-order valence-corrected chi connectivity index (χ0v) is 15.7. The van der Waals surface area contributed by atoms with Gasteiger partial charge in [0.1, 0.15) is 11.5 Å². The minimum Gasteiger partial charge on any atom is -0.495 e. The van der Waals surface area contributed by atoms with Gasteiger partial charge in [0, 0.05) is 18.7 Å². The molecule has 0 bridgehead atoms. The first kappa shape index (κ1) is 20.0. The molecule has 0 fully saturated rings. The van der Waals surface area contributed by atoms with Gasteiger partial charge in [0.15, 0.2) is 0 Å². The van der Waals surface area contributed by atoms with Crippen LogP contribution < -0.4 is 20.1 Å². The van der Waals surface area contributed by atoms with Gasteiger partial charge in [0.2, 0.25) is 5.91 Å². The van der Waals surface area contributed by atoms with E-state index < -0.39 is 0 Å². The maximum absolute atomic E-state index is 12.2. The van der Waals surface area contributed by atoms with E-state index in [1.165, 1.54) is 13.2 Å². The molecule has 6 heteroatoms. The van der Waals surface area contributed by atoms with Gasteiger partial charge >= 0.3 is 0 Å². The van der Waals surface area contributed by atoms with E-state index in [1.54, 1.807) is 31.3 Å². The minimum atomic E-state index is -0.299. The lowest BCUT2D eigenvalue weighted by Gasteiger charge is -2.10. The number of carbonyl (C=O) groups excluding carboxylic acids is 2. The van der Waals surface area contributed by atoms with Gasteiger partial charge in [-0.05, 0) is 48.4 Å². The largest absolute Gasteiger partial charge is 0.495 e. The predicted molar refractivity (Wildman–Crippen MR) is 106 cm³/mol. The second-order valence-corrected chi connectivity index (χ2v) is 5.73. The van der Waals surface area contributed by atoms with Crippen molar-refractivity contribution in [3.63, 3.8) is 0 Å². The Labute approximate surface area is 159 Å². The molecule has 2 aromatic rings. The number of nitrogens with one attached hydrogen (secondary N) is 2. The average molecular weight is 368 g/mol. The third kappa shape index (κ3) is 5.88. The van der Waals surface area contributed by atoms with Gasteiger partial charge in [0.05, 0.1) is 19.4 Å². The van der Waals surface area contributed by atoms with Gasteiger partial charge in [-0.2, -0.15) is 0 Å². The minimum absolute atomic E-state index is 0.225. The van der Waals surface area contributed by atoms with E-state index in [0.29, 0.717) is 23.6 Å². The Kier molecular flexibility index (Phi) is 7.43. The van der Waals surface area contributed by atoms with Crippen LogP contribution in [0.3, 0.4) is 0 Å². The van der Waals surface area contributed by atoms with Crippen LogP contribution in [0.25, 0.3) is 6.08 Å². The van der Waals surface area contributed by atoms with Crippen LogP contribution in [0.5, 0.6) is 11.5 Å². The van der Waals surface area contributed by atoms with Gasteiger partial charge in [-0.15, -0.1) is 0 Å². The van der Waals surface area contributed by atoms with Crippen LogP contribution in [0, 0.1) is 0 Å². The predicted octanol–water partition coefficient (Wildman–Crippen LogP) is 3.50. The molecule has 2 aromatic carbocycles. The van der Waals surface area contributed by atoms with E-state index in [2.05, 4.69) is 17.6 Å². The van der Waals surface area contributed by atoms with Gasteiger partial charge in [0.25, 0.3) is 5.91 Å². The van der Waals surface area contributed by atoms with Crippen LogP contribution in [-0.4, -0.2) is 32.6 Å². The fraction of sp³-hybridized carbons (Fsp3) is 0.238. The lowest BCUT2D eigenvalue weighted by molar-refractivity contribution is -0.111. The molecule has 2 rings (SSSR count). The number of ether oxygens (including phenoxy) is 2. The molecule has 0 aliphatic carbocycles. The highest BCUT2D eigenvalue weighted by atomic mass is 16.5. The van der Waals surface area contributed by atoms with Crippen molar-refractivity contribution < 1.29 is 19.1 Å². The van der Waals surface area contributed by atoms with Crippen molar-refractivity contribution in [1.82, 2.24) is 5.32 Å². The highest BCUT2D eigenvalue weighted by molar-refractivity contribution is 6.03. The van der Waals surface area contributed by atoms with E-state index >= 15 is 0 Å². The lowest BCUT2D eigenvalue weighted by Crippen LogP contribution is -2.18. The molecule has 0 unspecified atom stereocenters. The molecule has 0 radical (unpaired) electrons. The molecular weight excluding hydrogens is 344 g/mol. The molecule has 0 aliphatic heterocycles. The SMILES string of the molecule is CCCOc1ccc(/C=C/C(=O)Nc2ccc(C(=O)NC)cc2OC)cc1. The summed E-state index contributed by atoms with van der Waals surface area (Å²) >= 11 is 0. The molecule has 0 aromatic heterocycles. The molecule has 6 nitrogen and oxygen atoms in total. The van der Waals surface area contributed by atoms with Crippen molar-refractivity contribution in [2.45, 2.75) is 13.3 Å². The van der Waals surface area contributed by atoms with E-state index in [1.807, 2.05) is 24.3 Å². The van der Waals surface area contributed by atoms with Crippen LogP contribution >= 0.6 is 0 Å². The number of hydrogen-bond donors (Lipinski definition) is 2. The van der Waals surface area contributed by atoms with Crippen LogP contribution in [-0.2, 0) is 4.79 Å². The van der Waals surface area contributed by atoms with E-state index in [-0.39, 0.29) is 11.8 Å². The molecular formula is C21H24N2O4. The van der Waals surface area contributed by atoms with E-state index in [0.717, 1.165) is 17.7 Å². The van der Waals surface area contributed by atoms with Crippen molar-refractivity contribution in [2.75, 3.05) is 26.1 Å². The Hall–Kier alpha value is -3.28. The summed E-state index contributed by atoms with van der Waals surface area (Å²) in [5.74, 6) is 0.694. The molecule has 0 heterocycles. The molecule has 0 atom stereocenters. The Balaban J connectivity index is 2.02. The molecule has 0 aliphatic rings. The standard InChI is InChI=1S/C21H24N2O4/c1-4-13-27-17-9-5-15(6-10-17)7-12-20(24)23-18-11-8-16(21(25)22-2)14-19(18)26-3/h5-12,14H,4,13H2,1-3H3,(H,22,25)(H,23,24)/b12-7+. The van der Waals surface area contributed by atoms with Crippen molar-refractivity contribution in [1.29, 1.82) is 0 Å². The summed E-state index contributed by atoms with van der Waals surface area (Å²) < 4.78 is 10.8. The Morgan fingerprint density at radius 3 is 2.48 bits per heavy atom. The third-order valence-corrected chi connectivity index (χ3v) is 3.73. The fourth-order valence-corrected chi connectivity index (χ4v) is 2.32. The number of methoxy groups -OCH3 is 1. The average Bonchev–Trinajstić information content (AvgIpc) is 2.71. The van der Waals surface area contributed by atoms with Crippen LogP contribution in [0.15, 0.2) is 48.5 Å². The second-order valence-electron chi connectivity index (χ2n) is 5.73. The first-order chi connectivity index (χ1) is 13.1. The van der Waals surface area contributed by atoms with Crippen molar-refractivity contribution in [3.05, 3.63) is 59.7 Å².